The molecule has 0 saturated carbocycles. The molecule has 0 radical (unpaired) electrons. The molecule has 2 aromatic rings. The van der Waals surface area contributed by atoms with E-state index in [9.17, 15) is 20.0 Å². The van der Waals surface area contributed by atoms with Crippen molar-refractivity contribution in [1.29, 1.82) is 5.26 Å². The average molecular weight is 580 g/mol. The second-order valence-electron chi connectivity index (χ2n) is 11.0. The first-order chi connectivity index (χ1) is 20.1. The lowest BCUT2D eigenvalue weighted by molar-refractivity contribution is 0.0670. The summed E-state index contributed by atoms with van der Waals surface area (Å²) in [5.41, 5.74) is 13.7. The average Bonchev–Trinajstić information content (AvgIpc) is 2.98. The number of hydrogen-bond donors (Lipinski definition) is 3. The summed E-state index contributed by atoms with van der Waals surface area (Å²) in [6, 6.07) is 8.72. The van der Waals surface area contributed by atoms with Crippen molar-refractivity contribution in [2.45, 2.75) is 98.7 Å². The van der Waals surface area contributed by atoms with E-state index in [-0.39, 0.29) is 59.1 Å². The van der Waals surface area contributed by atoms with Crippen LogP contribution in [0.25, 0.3) is 0 Å². The minimum absolute atomic E-state index is 0.0194. The molecule has 0 bridgehead atoms. The van der Waals surface area contributed by atoms with Crippen molar-refractivity contribution in [3.8, 4) is 11.9 Å². The number of nitrogens with two attached hydrogens (primary N) is 2. The van der Waals surface area contributed by atoms with Crippen LogP contribution in [0.1, 0.15) is 94.6 Å². The first kappa shape index (κ1) is 34.7. The van der Waals surface area contributed by atoms with Gasteiger partial charge < -0.3 is 21.5 Å². The molecule has 4 unspecified atom stereocenters. The number of rotatable bonds is 16. The molecule has 0 saturated heterocycles. The zero-order valence-corrected chi connectivity index (χ0v) is 26.1. The summed E-state index contributed by atoms with van der Waals surface area (Å²) in [6.07, 6.45) is 5.58. The van der Waals surface area contributed by atoms with E-state index in [0.717, 1.165) is 43.1 Å². The Balaban J connectivity index is 2.38. The summed E-state index contributed by atoms with van der Waals surface area (Å²) in [5, 5.41) is 28.4. The Hall–Kier alpha value is -3.55. The van der Waals surface area contributed by atoms with E-state index in [1.165, 1.54) is 0 Å². The molecule has 230 valence electrons. The van der Waals surface area contributed by atoms with Crippen molar-refractivity contribution in [1.82, 2.24) is 9.47 Å². The van der Waals surface area contributed by atoms with Gasteiger partial charge in [0.1, 0.15) is 11.6 Å². The zero-order chi connectivity index (χ0) is 31.4. The molecule has 1 heterocycles. The van der Waals surface area contributed by atoms with Crippen LogP contribution in [-0.2, 0) is 6.54 Å². The smallest absolute Gasteiger partial charge is 0.271 e. The number of pyridine rings is 1. The minimum atomic E-state index is -0.566. The molecule has 10 nitrogen and oxygen atoms in total. The van der Waals surface area contributed by atoms with Crippen molar-refractivity contribution in [3.05, 3.63) is 51.3 Å². The summed E-state index contributed by atoms with van der Waals surface area (Å²) in [5.74, 6) is -0.0568. The third-order valence-corrected chi connectivity index (χ3v) is 8.17. The molecule has 2 rings (SSSR count). The van der Waals surface area contributed by atoms with Crippen LogP contribution in [0.15, 0.2) is 39.3 Å². The number of nitrogens with zero attached hydrogens (tertiary/aromatic N) is 5. The van der Waals surface area contributed by atoms with Crippen LogP contribution in [-0.4, -0.2) is 45.7 Å². The molecule has 0 aliphatic rings. The lowest BCUT2D eigenvalue weighted by Gasteiger charge is -2.34. The molecule has 4 atom stereocenters. The molecule has 1 aromatic heterocycles. The van der Waals surface area contributed by atoms with Crippen molar-refractivity contribution in [2.75, 3.05) is 13.1 Å². The number of hydrogen-bond acceptors (Lipinski definition) is 8. The number of carbonyl (C=O) groups excluding carboxylic acids is 1. The fourth-order valence-electron chi connectivity index (χ4n) is 5.39. The fraction of sp³-hybridized carbons (Fsp3) is 0.594. The number of benzene rings is 1. The van der Waals surface area contributed by atoms with E-state index in [1.54, 1.807) is 38.1 Å². The van der Waals surface area contributed by atoms with Crippen LogP contribution in [0, 0.1) is 30.1 Å². The van der Waals surface area contributed by atoms with Crippen LogP contribution in [0.2, 0.25) is 0 Å². The molecule has 0 fully saturated rings. The van der Waals surface area contributed by atoms with Gasteiger partial charge in [0.15, 0.2) is 5.69 Å². The SMILES string of the molecule is CCCC(N)C(CC)CN(CC(CC)C(N)CCC)C(=O)c1ccc(/N=N/c2c(C)c(C#N)c(=O)n(CC)c2O)cc1. The molecular formula is C32H49N7O3. The van der Waals surface area contributed by atoms with Crippen molar-refractivity contribution < 1.29 is 9.90 Å². The van der Waals surface area contributed by atoms with E-state index >= 15 is 0 Å². The number of amides is 1. The second kappa shape index (κ2) is 16.8. The summed E-state index contributed by atoms with van der Waals surface area (Å²) >= 11 is 0. The van der Waals surface area contributed by atoms with Gasteiger partial charge in [-0.25, -0.2) is 0 Å². The van der Waals surface area contributed by atoms with Crippen LogP contribution >= 0.6 is 0 Å². The van der Waals surface area contributed by atoms with Gasteiger partial charge in [-0.1, -0.05) is 53.4 Å². The van der Waals surface area contributed by atoms with Gasteiger partial charge >= 0.3 is 0 Å². The molecule has 1 amide bonds. The summed E-state index contributed by atoms with van der Waals surface area (Å²) in [7, 11) is 0. The molecule has 0 aliphatic heterocycles. The quantitative estimate of drug-likeness (QED) is 0.209. The topological polar surface area (TPSA) is 163 Å². The highest BCUT2D eigenvalue weighted by Gasteiger charge is 2.27. The maximum Gasteiger partial charge on any atom is 0.271 e. The van der Waals surface area contributed by atoms with E-state index < -0.39 is 5.56 Å². The van der Waals surface area contributed by atoms with E-state index in [2.05, 4.69) is 37.9 Å². The molecule has 1 aromatic carbocycles. The van der Waals surface area contributed by atoms with E-state index in [1.807, 2.05) is 11.0 Å². The molecule has 0 spiro atoms. The predicted molar refractivity (Wildman–Crippen MR) is 167 cm³/mol. The standard InChI is InChI=1S/C32H49N7O3/c1-7-12-27(34)22(9-3)19-38(20-23(10-4)28(35)13-8-2)30(40)24-14-16-25(17-15-24)36-37-29-21(6)26(18-33)31(41)39(11-5)32(29)42/h14-17,22-23,27-28,42H,7-13,19-20,34-35H2,1-6H3/b37-36+. The first-order valence-electron chi connectivity index (χ1n) is 15.3. The van der Waals surface area contributed by atoms with Crippen molar-refractivity contribution in [2.24, 2.45) is 33.5 Å². The Kier molecular flexibility index (Phi) is 13.8. The van der Waals surface area contributed by atoms with E-state index in [0.29, 0.717) is 24.3 Å². The first-order valence-corrected chi connectivity index (χ1v) is 15.3. The van der Waals surface area contributed by atoms with Gasteiger partial charge in [-0.3, -0.25) is 14.2 Å². The summed E-state index contributed by atoms with van der Waals surface area (Å²) in [4.78, 5) is 28.2. The predicted octanol–water partition coefficient (Wildman–Crippen LogP) is 5.92. The number of carbonyl (C=O) groups is 1. The second-order valence-corrected chi connectivity index (χ2v) is 11.0. The van der Waals surface area contributed by atoms with Crippen molar-refractivity contribution >= 4 is 17.3 Å². The third-order valence-electron chi connectivity index (χ3n) is 8.17. The maximum absolute atomic E-state index is 13.9. The Labute approximate surface area is 250 Å². The highest BCUT2D eigenvalue weighted by Crippen LogP contribution is 2.32. The summed E-state index contributed by atoms with van der Waals surface area (Å²) in [6.45, 7) is 13.0. The Morgan fingerprint density at radius 3 is 1.93 bits per heavy atom. The molecule has 0 aliphatic carbocycles. The lowest BCUT2D eigenvalue weighted by Crippen LogP contribution is -2.46. The van der Waals surface area contributed by atoms with Gasteiger partial charge in [-0.05, 0) is 62.8 Å². The fourth-order valence-corrected chi connectivity index (χ4v) is 5.39. The number of aromatic nitrogens is 1. The van der Waals surface area contributed by atoms with Gasteiger partial charge in [0, 0.05) is 42.8 Å². The minimum Gasteiger partial charge on any atom is -0.493 e. The summed E-state index contributed by atoms with van der Waals surface area (Å²) < 4.78 is 1.09. The van der Waals surface area contributed by atoms with Crippen molar-refractivity contribution in [3.63, 3.8) is 0 Å². The molecule has 5 N–H and O–H groups in total. The molecule has 42 heavy (non-hydrogen) atoms. The zero-order valence-electron chi connectivity index (χ0n) is 26.1. The third kappa shape index (κ3) is 8.49. The van der Waals surface area contributed by atoms with Gasteiger partial charge in [-0.2, -0.15) is 10.4 Å². The Morgan fingerprint density at radius 2 is 1.50 bits per heavy atom. The van der Waals surface area contributed by atoms with Crippen LogP contribution in [0.5, 0.6) is 5.88 Å². The van der Waals surface area contributed by atoms with E-state index in [4.69, 9.17) is 11.5 Å². The van der Waals surface area contributed by atoms with Gasteiger partial charge in [0.05, 0.1) is 5.69 Å². The van der Waals surface area contributed by atoms with Gasteiger partial charge in [-0.15, -0.1) is 5.11 Å². The molecule has 10 heteroatoms. The Bertz CT molecular complexity index is 1280. The number of aromatic hydroxyl groups is 1. The van der Waals surface area contributed by atoms with Crippen LogP contribution in [0.3, 0.4) is 0 Å². The maximum atomic E-state index is 13.9. The number of nitriles is 1. The lowest BCUT2D eigenvalue weighted by atomic mass is 9.90. The molecular weight excluding hydrogens is 530 g/mol. The van der Waals surface area contributed by atoms with Gasteiger partial charge in [0.25, 0.3) is 11.5 Å². The highest BCUT2D eigenvalue weighted by molar-refractivity contribution is 5.94. The monoisotopic (exact) mass is 579 g/mol. The van der Waals surface area contributed by atoms with Crippen LogP contribution < -0.4 is 17.0 Å². The Morgan fingerprint density at radius 1 is 0.976 bits per heavy atom. The van der Waals surface area contributed by atoms with Gasteiger partial charge in [0.2, 0.25) is 5.88 Å². The van der Waals surface area contributed by atoms with Crippen LogP contribution in [0.4, 0.5) is 11.4 Å². The highest BCUT2D eigenvalue weighted by atomic mass is 16.3. The number of azo groups is 1. The normalized spacial score (nSPS) is 14.4. The largest absolute Gasteiger partial charge is 0.493 e.